The molecule has 0 aliphatic heterocycles. The molecule has 0 bridgehead atoms. The van der Waals surface area contributed by atoms with E-state index in [-0.39, 0.29) is 15.4 Å². The number of halogens is 5. The van der Waals surface area contributed by atoms with Crippen LogP contribution in [-0.4, -0.2) is 4.92 Å². The molecule has 0 amide bonds. The van der Waals surface area contributed by atoms with Crippen LogP contribution in [0, 0.1) is 10.1 Å². The summed E-state index contributed by atoms with van der Waals surface area (Å²) in [6.07, 6.45) is -4.75. The van der Waals surface area contributed by atoms with E-state index >= 15 is 0 Å². The quantitative estimate of drug-likeness (QED) is 0.448. The molecule has 0 saturated carbocycles. The van der Waals surface area contributed by atoms with Crippen LogP contribution in [0.15, 0.2) is 16.6 Å². The molecule has 0 atom stereocenters. The Kier molecular flexibility index (Phi) is 3.95. The lowest BCUT2D eigenvalue weighted by molar-refractivity contribution is -0.388. The van der Waals surface area contributed by atoms with Crippen molar-refractivity contribution in [3.63, 3.8) is 0 Å². The molecule has 0 heterocycles. The second-order valence-electron chi connectivity index (χ2n) is 2.85. The summed E-state index contributed by atoms with van der Waals surface area (Å²) in [5, 5.41) is 10.6. The van der Waals surface area contributed by atoms with Crippen LogP contribution in [0.3, 0.4) is 0 Å². The van der Waals surface area contributed by atoms with E-state index in [0.29, 0.717) is 6.07 Å². The van der Waals surface area contributed by atoms with E-state index in [9.17, 15) is 23.3 Å². The van der Waals surface area contributed by atoms with Crippen molar-refractivity contribution in [2.24, 2.45) is 0 Å². The number of hydrogen-bond acceptors (Lipinski definition) is 2. The normalized spacial score (nSPS) is 11.6. The topological polar surface area (TPSA) is 43.1 Å². The van der Waals surface area contributed by atoms with Crippen molar-refractivity contribution in [2.45, 2.75) is 11.5 Å². The van der Waals surface area contributed by atoms with Crippen molar-refractivity contribution in [3.8, 4) is 0 Å². The highest BCUT2D eigenvalue weighted by Gasteiger charge is 2.40. The SMILES string of the molecule is O=[N+]([O-])c1c(CBr)cc(Br)cc1C(F)(F)F. The summed E-state index contributed by atoms with van der Waals surface area (Å²) in [5.74, 6) is 0. The van der Waals surface area contributed by atoms with Gasteiger partial charge in [0, 0.05) is 15.4 Å². The zero-order chi connectivity index (χ0) is 12.5. The average Bonchev–Trinajstić information content (AvgIpc) is 2.14. The summed E-state index contributed by atoms with van der Waals surface area (Å²) in [7, 11) is 0. The Labute approximate surface area is 105 Å². The van der Waals surface area contributed by atoms with Gasteiger partial charge < -0.3 is 0 Å². The fourth-order valence-corrected chi connectivity index (χ4v) is 2.12. The first kappa shape index (κ1) is 13.4. The Morgan fingerprint density at radius 1 is 1.38 bits per heavy atom. The van der Waals surface area contributed by atoms with Gasteiger partial charge in [-0.25, -0.2) is 0 Å². The predicted octanol–water partition coefficient (Wildman–Crippen LogP) is 4.27. The minimum absolute atomic E-state index is 0.0216. The molecular formula is C8H4Br2F3NO2. The van der Waals surface area contributed by atoms with E-state index in [4.69, 9.17) is 0 Å². The molecule has 0 saturated heterocycles. The highest BCUT2D eigenvalue weighted by molar-refractivity contribution is 9.10. The van der Waals surface area contributed by atoms with Crippen LogP contribution in [-0.2, 0) is 11.5 Å². The number of benzene rings is 1. The second kappa shape index (κ2) is 4.70. The summed E-state index contributed by atoms with van der Waals surface area (Å²) < 4.78 is 37.8. The van der Waals surface area contributed by atoms with Crippen LogP contribution in [0.1, 0.15) is 11.1 Å². The van der Waals surface area contributed by atoms with Crippen molar-refractivity contribution in [1.29, 1.82) is 0 Å². The van der Waals surface area contributed by atoms with Gasteiger partial charge in [0.1, 0.15) is 5.56 Å². The highest BCUT2D eigenvalue weighted by atomic mass is 79.9. The molecule has 0 spiro atoms. The van der Waals surface area contributed by atoms with E-state index in [1.54, 1.807) is 0 Å². The number of nitro benzene ring substituents is 1. The molecule has 1 rings (SSSR count). The lowest BCUT2D eigenvalue weighted by atomic mass is 10.1. The molecule has 8 heteroatoms. The largest absolute Gasteiger partial charge is 0.423 e. The van der Waals surface area contributed by atoms with Crippen molar-refractivity contribution >= 4 is 37.5 Å². The van der Waals surface area contributed by atoms with Gasteiger partial charge in [-0.1, -0.05) is 31.9 Å². The Bertz CT molecular complexity index is 434. The smallest absolute Gasteiger partial charge is 0.258 e. The van der Waals surface area contributed by atoms with Crippen molar-refractivity contribution < 1.29 is 18.1 Å². The van der Waals surface area contributed by atoms with E-state index < -0.39 is 22.4 Å². The molecule has 1 aromatic rings. The average molecular weight is 363 g/mol. The maximum Gasteiger partial charge on any atom is 0.423 e. The van der Waals surface area contributed by atoms with Gasteiger partial charge in [-0.05, 0) is 12.1 Å². The molecule has 0 aliphatic carbocycles. The number of rotatable bonds is 2. The molecule has 0 N–H and O–H groups in total. The monoisotopic (exact) mass is 361 g/mol. The van der Waals surface area contributed by atoms with Crippen LogP contribution >= 0.6 is 31.9 Å². The van der Waals surface area contributed by atoms with Gasteiger partial charge in [0.05, 0.1) is 4.92 Å². The maximum atomic E-state index is 12.6. The molecule has 0 radical (unpaired) electrons. The summed E-state index contributed by atoms with van der Waals surface area (Å²) >= 11 is 5.81. The first-order valence-electron chi connectivity index (χ1n) is 3.87. The van der Waals surface area contributed by atoms with Crippen molar-refractivity contribution in [2.75, 3.05) is 0 Å². The molecule has 16 heavy (non-hydrogen) atoms. The summed E-state index contributed by atoms with van der Waals surface area (Å²) in [5.41, 5.74) is -2.18. The van der Waals surface area contributed by atoms with Gasteiger partial charge in [-0.2, -0.15) is 13.2 Å². The molecule has 0 unspecified atom stereocenters. The first-order chi connectivity index (χ1) is 7.27. The van der Waals surface area contributed by atoms with Gasteiger partial charge in [-0.3, -0.25) is 10.1 Å². The van der Waals surface area contributed by atoms with E-state index in [1.807, 2.05) is 0 Å². The predicted molar refractivity (Wildman–Crippen MR) is 58.4 cm³/mol. The highest BCUT2D eigenvalue weighted by Crippen LogP contribution is 2.40. The number of alkyl halides is 4. The Morgan fingerprint density at radius 2 is 1.94 bits per heavy atom. The van der Waals surface area contributed by atoms with Crippen LogP contribution in [0.25, 0.3) is 0 Å². The number of nitrogens with zero attached hydrogens (tertiary/aromatic N) is 1. The molecular weight excluding hydrogens is 359 g/mol. The third kappa shape index (κ3) is 2.73. The van der Waals surface area contributed by atoms with Gasteiger partial charge in [0.25, 0.3) is 5.69 Å². The Hall–Kier alpha value is -0.630. The Morgan fingerprint density at radius 3 is 2.31 bits per heavy atom. The van der Waals surface area contributed by atoms with Crippen molar-refractivity contribution in [3.05, 3.63) is 37.8 Å². The molecule has 0 aliphatic rings. The molecule has 3 nitrogen and oxygen atoms in total. The van der Waals surface area contributed by atoms with E-state index in [1.165, 1.54) is 6.07 Å². The van der Waals surface area contributed by atoms with Crippen molar-refractivity contribution in [1.82, 2.24) is 0 Å². The fourth-order valence-electron chi connectivity index (χ4n) is 1.19. The number of hydrogen-bond donors (Lipinski definition) is 0. The third-order valence-electron chi connectivity index (χ3n) is 1.79. The minimum atomic E-state index is -4.75. The standard InChI is InChI=1S/C8H4Br2F3NO2/c9-3-4-1-5(10)2-6(8(11,12)13)7(4)14(15)16/h1-2H,3H2. The second-order valence-corrected chi connectivity index (χ2v) is 4.33. The molecule has 0 fully saturated rings. The molecule has 1 aromatic carbocycles. The first-order valence-corrected chi connectivity index (χ1v) is 5.78. The minimum Gasteiger partial charge on any atom is -0.258 e. The van der Waals surface area contributed by atoms with E-state index in [0.717, 1.165) is 0 Å². The zero-order valence-electron chi connectivity index (χ0n) is 7.52. The van der Waals surface area contributed by atoms with Crippen LogP contribution in [0.4, 0.5) is 18.9 Å². The van der Waals surface area contributed by atoms with Crippen LogP contribution < -0.4 is 0 Å². The third-order valence-corrected chi connectivity index (χ3v) is 2.85. The lowest BCUT2D eigenvalue weighted by Crippen LogP contribution is -2.10. The molecule has 0 aromatic heterocycles. The zero-order valence-corrected chi connectivity index (χ0v) is 10.7. The van der Waals surface area contributed by atoms with Gasteiger partial charge in [-0.15, -0.1) is 0 Å². The van der Waals surface area contributed by atoms with Gasteiger partial charge in [0.2, 0.25) is 0 Å². The van der Waals surface area contributed by atoms with Crippen LogP contribution in [0.5, 0.6) is 0 Å². The van der Waals surface area contributed by atoms with Gasteiger partial charge >= 0.3 is 6.18 Å². The Balaban J connectivity index is 3.57. The van der Waals surface area contributed by atoms with Gasteiger partial charge in [0.15, 0.2) is 0 Å². The lowest BCUT2D eigenvalue weighted by Gasteiger charge is -2.10. The molecule has 88 valence electrons. The summed E-state index contributed by atoms with van der Waals surface area (Å²) in [6.45, 7) is 0. The maximum absolute atomic E-state index is 12.6. The summed E-state index contributed by atoms with van der Waals surface area (Å²) in [4.78, 5) is 9.61. The number of nitro groups is 1. The van der Waals surface area contributed by atoms with E-state index in [2.05, 4.69) is 31.9 Å². The van der Waals surface area contributed by atoms with Crippen LogP contribution in [0.2, 0.25) is 0 Å². The summed E-state index contributed by atoms with van der Waals surface area (Å²) in [6, 6.07) is 1.98. The fraction of sp³-hybridized carbons (Fsp3) is 0.250.